The van der Waals surface area contributed by atoms with Crippen molar-refractivity contribution >= 4 is 17.7 Å². The Hall–Kier alpha value is -2.21. The number of methoxy groups -OCH3 is 2. The highest BCUT2D eigenvalue weighted by molar-refractivity contribution is 7.98. The summed E-state index contributed by atoms with van der Waals surface area (Å²) >= 11 is 1.35. The Morgan fingerprint density at radius 2 is 2.10 bits per heavy atom. The van der Waals surface area contributed by atoms with Crippen LogP contribution in [0.1, 0.15) is 15.9 Å². The van der Waals surface area contributed by atoms with Gasteiger partial charge in [0.25, 0.3) is 0 Å². The van der Waals surface area contributed by atoms with E-state index in [9.17, 15) is 4.79 Å². The lowest BCUT2D eigenvalue weighted by atomic mass is 10.2. The minimum absolute atomic E-state index is 0.198. The van der Waals surface area contributed by atoms with E-state index >= 15 is 0 Å². The molecule has 1 aromatic carbocycles. The van der Waals surface area contributed by atoms with Crippen LogP contribution in [0.3, 0.4) is 0 Å². The molecule has 0 spiro atoms. The van der Waals surface area contributed by atoms with Crippen molar-refractivity contribution in [3.8, 4) is 11.5 Å². The first-order valence-corrected chi connectivity index (χ1v) is 7.16. The van der Waals surface area contributed by atoms with Crippen LogP contribution in [0.2, 0.25) is 0 Å². The van der Waals surface area contributed by atoms with E-state index in [1.54, 1.807) is 32.5 Å². The average molecular weight is 305 g/mol. The molecule has 0 saturated carbocycles. The van der Waals surface area contributed by atoms with Crippen molar-refractivity contribution in [3.05, 3.63) is 47.7 Å². The molecule has 21 heavy (non-hydrogen) atoms. The van der Waals surface area contributed by atoms with Gasteiger partial charge in [-0.05, 0) is 30.3 Å². The lowest BCUT2D eigenvalue weighted by molar-refractivity contribution is 0.0692. The third-order valence-electron chi connectivity index (χ3n) is 2.85. The van der Waals surface area contributed by atoms with Crippen LogP contribution in [0.5, 0.6) is 11.5 Å². The summed E-state index contributed by atoms with van der Waals surface area (Å²) in [5.74, 6) is 1.02. The number of carbonyl (C=O) groups is 1. The molecule has 2 aromatic rings. The van der Waals surface area contributed by atoms with E-state index in [4.69, 9.17) is 14.6 Å². The van der Waals surface area contributed by atoms with Crippen molar-refractivity contribution in [3.63, 3.8) is 0 Å². The second kappa shape index (κ2) is 6.99. The van der Waals surface area contributed by atoms with Crippen LogP contribution in [0, 0.1) is 0 Å². The summed E-state index contributed by atoms with van der Waals surface area (Å²) in [6.07, 6.45) is 1.58. The molecular weight excluding hydrogens is 290 g/mol. The van der Waals surface area contributed by atoms with Gasteiger partial charge in [0.05, 0.1) is 19.8 Å². The molecule has 0 fully saturated rings. The van der Waals surface area contributed by atoms with Gasteiger partial charge < -0.3 is 14.6 Å². The number of nitrogens with zero attached hydrogens (tertiary/aromatic N) is 1. The Balaban J connectivity index is 2.22. The molecule has 0 unspecified atom stereocenters. The lowest BCUT2D eigenvalue weighted by Gasteiger charge is -2.10. The van der Waals surface area contributed by atoms with Gasteiger partial charge in [-0.1, -0.05) is 0 Å². The Kier molecular flexibility index (Phi) is 5.05. The van der Waals surface area contributed by atoms with E-state index in [0.29, 0.717) is 10.8 Å². The highest BCUT2D eigenvalue weighted by atomic mass is 32.2. The van der Waals surface area contributed by atoms with E-state index in [0.717, 1.165) is 17.1 Å². The van der Waals surface area contributed by atoms with E-state index < -0.39 is 5.97 Å². The van der Waals surface area contributed by atoms with E-state index in [2.05, 4.69) is 4.98 Å². The Morgan fingerprint density at radius 3 is 2.76 bits per heavy atom. The Labute approximate surface area is 126 Å². The number of benzene rings is 1. The van der Waals surface area contributed by atoms with Gasteiger partial charge in [0.15, 0.2) is 0 Å². The van der Waals surface area contributed by atoms with Crippen molar-refractivity contribution in [2.45, 2.75) is 10.8 Å². The fourth-order valence-corrected chi connectivity index (χ4v) is 2.77. The highest BCUT2D eigenvalue weighted by Gasteiger charge is 2.13. The van der Waals surface area contributed by atoms with Crippen LogP contribution in [0.15, 0.2) is 41.6 Å². The first-order valence-electron chi connectivity index (χ1n) is 6.17. The van der Waals surface area contributed by atoms with E-state index in [1.807, 2.05) is 18.2 Å². The number of thioether (sulfide) groups is 1. The summed E-state index contributed by atoms with van der Waals surface area (Å²) in [4.78, 5) is 15.3. The van der Waals surface area contributed by atoms with Gasteiger partial charge in [-0.25, -0.2) is 9.78 Å². The number of ether oxygens (including phenoxy) is 2. The minimum Gasteiger partial charge on any atom is -0.497 e. The third kappa shape index (κ3) is 3.66. The van der Waals surface area contributed by atoms with Crippen LogP contribution in [-0.4, -0.2) is 30.3 Å². The summed E-state index contributed by atoms with van der Waals surface area (Å²) in [6, 6.07) is 8.66. The molecule has 5 nitrogen and oxygen atoms in total. The van der Waals surface area contributed by atoms with Gasteiger partial charge in [-0.3, -0.25) is 0 Å². The fourth-order valence-electron chi connectivity index (χ4n) is 1.81. The third-order valence-corrected chi connectivity index (χ3v) is 3.91. The number of hydrogen-bond acceptors (Lipinski definition) is 5. The molecule has 1 heterocycles. The normalized spacial score (nSPS) is 10.2. The monoisotopic (exact) mass is 305 g/mol. The molecule has 0 aliphatic carbocycles. The van der Waals surface area contributed by atoms with Gasteiger partial charge in [-0.2, -0.15) is 0 Å². The zero-order valence-corrected chi connectivity index (χ0v) is 12.5. The van der Waals surface area contributed by atoms with Gasteiger partial charge >= 0.3 is 5.97 Å². The quantitative estimate of drug-likeness (QED) is 0.827. The zero-order valence-electron chi connectivity index (χ0n) is 11.7. The lowest BCUT2D eigenvalue weighted by Crippen LogP contribution is -2.00. The SMILES string of the molecule is COc1ccc(OC)c(CSc2ncccc2C(=O)O)c1. The first-order chi connectivity index (χ1) is 10.2. The topological polar surface area (TPSA) is 68.7 Å². The average Bonchev–Trinajstić information content (AvgIpc) is 2.52. The van der Waals surface area contributed by atoms with Gasteiger partial charge in [0, 0.05) is 17.5 Å². The number of aromatic carboxylic acids is 1. The predicted octanol–water partition coefficient (Wildman–Crippen LogP) is 3.09. The Morgan fingerprint density at radius 1 is 1.29 bits per heavy atom. The largest absolute Gasteiger partial charge is 0.497 e. The van der Waals surface area contributed by atoms with Crippen molar-refractivity contribution in [1.82, 2.24) is 4.98 Å². The predicted molar refractivity (Wildman–Crippen MR) is 80.3 cm³/mol. The Bertz CT molecular complexity index is 645. The maximum absolute atomic E-state index is 11.2. The number of rotatable bonds is 6. The molecule has 0 saturated heterocycles. The fraction of sp³-hybridized carbons (Fsp3) is 0.200. The number of carboxylic acids is 1. The summed E-state index contributed by atoms with van der Waals surface area (Å²) in [7, 11) is 3.19. The molecule has 0 atom stereocenters. The number of pyridine rings is 1. The number of aromatic nitrogens is 1. The van der Waals surface area contributed by atoms with Crippen molar-refractivity contribution in [2.75, 3.05) is 14.2 Å². The molecule has 2 rings (SSSR count). The van der Waals surface area contributed by atoms with Gasteiger partial charge in [0.2, 0.25) is 0 Å². The number of carboxylic acid groups (broad SMARTS) is 1. The summed E-state index contributed by atoms with van der Waals surface area (Å²) in [6.45, 7) is 0. The second-order valence-corrected chi connectivity index (χ2v) is 5.09. The molecule has 0 amide bonds. The standard InChI is InChI=1S/C15H15NO4S/c1-19-11-5-6-13(20-2)10(8-11)9-21-14-12(15(17)18)4-3-7-16-14/h3-8H,9H2,1-2H3,(H,17,18). The van der Waals surface area contributed by atoms with Crippen molar-refractivity contribution < 1.29 is 19.4 Å². The molecule has 0 aliphatic heterocycles. The van der Waals surface area contributed by atoms with Crippen LogP contribution in [0.4, 0.5) is 0 Å². The highest BCUT2D eigenvalue weighted by Crippen LogP contribution is 2.31. The van der Waals surface area contributed by atoms with Crippen LogP contribution < -0.4 is 9.47 Å². The number of hydrogen-bond donors (Lipinski definition) is 1. The van der Waals surface area contributed by atoms with Crippen molar-refractivity contribution in [1.29, 1.82) is 0 Å². The molecule has 1 aromatic heterocycles. The smallest absolute Gasteiger partial charge is 0.338 e. The maximum Gasteiger partial charge on any atom is 0.338 e. The van der Waals surface area contributed by atoms with Crippen LogP contribution in [0.25, 0.3) is 0 Å². The maximum atomic E-state index is 11.2. The molecular formula is C15H15NO4S. The summed E-state index contributed by atoms with van der Waals surface area (Å²) < 4.78 is 10.5. The molecule has 1 N–H and O–H groups in total. The second-order valence-electron chi connectivity index (χ2n) is 4.13. The zero-order chi connectivity index (χ0) is 15.2. The summed E-state index contributed by atoms with van der Waals surface area (Å²) in [5.41, 5.74) is 1.12. The molecule has 0 bridgehead atoms. The molecule has 110 valence electrons. The van der Waals surface area contributed by atoms with Gasteiger partial charge in [0.1, 0.15) is 16.5 Å². The van der Waals surface area contributed by atoms with Crippen LogP contribution >= 0.6 is 11.8 Å². The molecule has 0 radical (unpaired) electrons. The first kappa shape index (κ1) is 15.2. The minimum atomic E-state index is -0.983. The molecule has 0 aliphatic rings. The molecule has 6 heteroatoms. The van der Waals surface area contributed by atoms with Crippen LogP contribution in [-0.2, 0) is 5.75 Å². The van der Waals surface area contributed by atoms with E-state index in [1.165, 1.54) is 11.8 Å². The van der Waals surface area contributed by atoms with Crippen molar-refractivity contribution in [2.24, 2.45) is 0 Å². The van der Waals surface area contributed by atoms with Gasteiger partial charge in [-0.15, -0.1) is 11.8 Å². The van der Waals surface area contributed by atoms with E-state index in [-0.39, 0.29) is 5.56 Å². The summed E-state index contributed by atoms with van der Waals surface area (Å²) in [5, 5.41) is 9.63.